The molecule has 96 valence electrons. The molecule has 2 fully saturated rings. The van der Waals surface area contributed by atoms with Crippen LogP contribution in [0.3, 0.4) is 0 Å². The SMILES string of the molecule is N[C@H](C(=O)NC1CC2CCC1O2)c1ccccc1. The second-order valence-electron chi connectivity index (χ2n) is 5.11. The lowest BCUT2D eigenvalue weighted by molar-refractivity contribution is -0.123. The van der Waals surface area contributed by atoms with Crippen LogP contribution in [-0.2, 0) is 9.53 Å². The summed E-state index contributed by atoms with van der Waals surface area (Å²) in [6.45, 7) is 0. The fourth-order valence-corrected chi connectivity index (χ4v) is 2.87. The minimum Gasteiger partial charge on any atom is -0.373 e. The Morgan fingerprint density at radius 1 is 1.33 bits per heavy atom. The lowest BCUT2D eigenvalue weighted by Gasteiger charge is -2.22. The van der Waals surface area contributed by atoms with Gasteiger partial charge in [-0.3, -0.25) is 4.79 Å². The highest BCUT2D eigenvalue weighted by Gasteiger charge is 2.41. The molecule has 2 aliphatic heterocycles. The molecule has 18 heavy (non-hydrogen) atoms. The van der Waals surface area contributed by atoms with E-state index in [1.54, 1.807) is 0 Å². The number of hydrogen-bond donors (Lipinski definition) is 2. The number of hydrogen-bond acceptors (Lipinski definition) is 3. The van der Waals surface area contributed by atoms with Gasteiger partial charge in [0.1, 0.15) is 6.04 Å². The highest BCUT2D eigenvalue weighted by molar-refractivity contribution is 5.83. The smallest absolute Gasteiger partial charge is 0.241 e. The van der Waals surface area contributed by atoms with Crippen LogP contribution in [0.15, 0.2) is 30.3 Å². The summed E-state index contributed by atoms with van der Waals surface area (Å²) in [5, 5.41) is 3.02. The van der Waals surface area contributed by atoms with Crippen molar-refractivity contribution in [2.24, 2.45) is 5.73 Å². The second kappa shape index (κ2) is 4.71. The van der Waals surface area contributed by atoms with Crippen molar-refractivity contribution in [3.63, 3.8) is 0 Å². The van der Waals surface area contributed by atoms with Crippen LogP contribution in [0.5, 0.6) is 0 Å². The highest BCUT2D eigenvalue weighted by atomic mass is 16.5. The maximum atomic E-state index is 12.1. The first-order chi connectivity index (χ1) is 8.74. The predicted molar refractivity (Wildman–Crippen MR) is 67.8 cm³/mol. The van der Waals surface area contributed by atoms with Crippen LogP contribution in [0.1, 0.15) is 30.9 Å². The van der Waals surface area contributed by atoms with Gasteiger partial charge in [-0.25, -0.2) is 0 Å². The predicted octanol–water partition coefficient (Wildman–Crippen LogP) is 1.12. The van der Waals surface area contributed by atoms with Gasteiger partial charge in [0.2, 0.25) is 5.91 Å². The zero-order chi connectivity index (χ0) is 12.5. The minimum absolute atomic E-state index is 0.109. The van der Waals surface area contributed by atoms with Crippen LogP contribution < -0.4 is 11.1 Å². The van der Waals surface area contributed by atoms with Gasteiger partial charge in [-0.15, -0.1) is 0 Å². The van der Waals surface area contributed by atoms with E-state index in [0.29, 0.717) is 6.10 Å². The van der Waals surface area contributed by atoms with Crippen molar-refractivity contribution < 1.29 is 9.53 Å². The van der Waals surface area contributed by atoms with Crippen molar-refractivity contribution in [1.29, 1.82) is 0 Å². The van der Waals surface area contributed by atoms with E-state index < -0.39 is 6.04 Å². The molecule has 1 aromatic carbocycles. The van der Waals surface area contributed by atoms with Crippen molar-refractivity contribution in [3.05, 3.63) is 35.9 Å². The molecule has 1 aromatic rings. The van der Waals surface area contributed by atoms with E-state index in [9.17, 15) is 4.79 Å². The number of amides is 1. The van der Waals surface area contributed by atoms with Gasteiger partial charge in [0.25, 0.3) is 0 Å². The number of rotatable bonds is 3. The molecular weight excluding hydrogens is 228 g/mol. The normalized spacial score (nSPS) is 31.3. The van der Waals surface area contributed by atoms with Crippen LogP contribution in [0.25, 0.3) is 0 Å². The van der Waals surface area contributed by atoms with Crippen molar-refractivity contribution >= 4 is 5.91 Å². The highest BCUT2D eigenvalue weighted by Crippen LogP contribution is 2.34. The molecule has 0 aliphatic carbocycles. The lowest BCUT2D eigenvalue weighted by Crippen LogP contribution is -2.45. The Balaban J connectivity index is 1.62. The standard InChI is InChI=1S/C14H18N2O2/c15-13(9-4-2-1-3-5-9)14(17)16-11-8-10-6-7-12(11)18-10/h1-5,10-13H,6-8,15H2,(H,16,17)/t10?,11?,12?,13-/m0/s1. The molecule has 2 aliphatic rings. The third-order valence-corrected chi connectivity index (χ3v) is 3.87. The molecule has 3 rings (SSSR count). The van der Waals surface area contributed by atoms with E-state index in [1.807, 2.05) is 30.3 Å². The quantitative estimate of drug-likeness (QED) is 0.840. The summed E-state index contributed by atoms with van der Waals surface area (Å²) in [7, 11) is 0. The van der Waals surface area contributed by atoms with Crippen LogP contribution in [-0.4, -0.2) is 24.2 Å². The number of nitrogens with one attached hydrogen (secondary N) is 1. The molecular formula is C14H18N2O2. The van der Waals surface area contributed by atoms with Gasteiger partial charge in [0, 0.05) is 0 Å². The first kappa shape index (κ1) is 11.7. The molecule has 2 saturated heterocycles. The monoisotopic (exact) mass is 246 g/mol. The van der Waals surface area contributed by atoms with Gasteiger partial charge in [0.05, 0.1) is 18.2 Å². The zero-order valence-corrected chi connectivity index (χ0v) is 10.2. The third kappa shape index (κ3) is 2.13. The minimum atomic E-state index is -0.592. The van der Waals surface area contributed by atoms with Gasteiger partial charge >= 0.3 is 0 Å². The molecule has 4 heteroatoms. The van der Waals surface area contributed by atoms with Crippen LogP contribution in [0.4, 0.5) is 0 Å². The molecule has 2 bridgehead atoms. The van der Waals surface area contributed by atoms with Crippen molar-refractivity contribution in [3.8, 4) is 0 Å². The summed E-state index contributed by atoms with van der Waals surface area (Å²) in [6.07, 6.45) is 3.64. The Hall–Kier alpha value is -1.39. The Morgan fingerprint density at radius 2 is 2.11 bits per heavy atom. The molecule has 0 spiro atoms. The average molecular weight is 246 g/mol. The largest absolute Gasteiger partial charge is 0.373 e. The maximum Gasteiger partial charge on any atom is 0.241 e. The Kier molecular flexibility index (Phi) is 3.06. The number of benzene rings is 1. The van der Waals surface area contributed by atoms with E-state index in [1.165, 1.54) is 0 Å². The average Bonchev–Trinajstić information content (AvgIpc) is 3.01. The van der Waals surface area contributed by atoms with Gasteiger partial charge in [-0.1, -0.05) is 30.3 Å². The Bertz CT molecular complexity index is 435. The first-order valence-electron chi connectivity index (χ1n) is 6.50. The van der Waals surface area contributed by atoms with Gasteiger partial charge < -0.3 is 15.8 Å². The molecule has 0 radical (unpaired) electrons. The van der Waals surface area contributed by atoms with E-state index in [4.69, 9.17) is 10.5 Å². The van der Waals surface area contributed by atoms with E-state index >= 15 is 0 Å². The maximum absolute atomic E-state index is 12.1. The van der Waals surface area contributed by atoms with Crippen LogP contribution in [0, 0.1) is 0 Å². The van der Waals surface area contributed by atoms with E-state index in [2.05, 4.69) is 5.32 Å². The first-order valence-corrected chi connectivity index (χ1v) is 6.50. The molecule has 2 heterocycles. The van der Waals surface area contributed by atoms with Gasteiger partial charge in [-0.2, -0.15) is 0 Å². The fraction of sp³-hybridized carbons (Fsp3) is 0.500. The van der Waals surface area contributed by atoms with Gasteiger partial charge in [0.15, 0.2) is 0 Å². The zero-order valence-electron chi connectivity index (χ0n) is 10.2. The van der Waals surface area contributed by atoms with Gasteiger partial charge in [-0.05, 0) is 24.8 Å². The van der Waals surface area contributed by atoms with Crippen molar-refractivity contribution in [1.82, 2.24) is 5.32 Å². The van der Waals surface area contributed by atoms with Crippen LogP contribution in [0.2, 0.25) is 0 Å². The number of carbonyl (C=O) groups excluding carboxylic acids is 1. The van der Waals surface area contributed by atoms with Crippen LogP contribution >= 0.6 is 0 Å². The number of nitrogens with two attached hydrogens (primary N) is 1. The summed E-state index contributed by atoms with van der Waals surface area (Å²) in [5.74, 6) is -0.109. The summed E-state index contributed by atoms with van der Waals surface area (Å²) < 4.78 is 5.72. The summed E-state index contributed by atoms with van der Waals surface area (Å²) in [6, 6.07) is 9.00. The Morgan fingerprint density at radius 3 is 2.72 bits per heavy atom. The summed E-state index contributed by atoms with van der Waals surface area (Å²) in [4.78, 5) is 12.1. The lowest BCUT2D eigenvalue weighted by atomic mass is 9.95. The number of ether oxygens (including phenoxy) is 1. The summed E-state index contributed by atoms with van der Waals surface area (Å²) in [5.41, 5.74) is 6.81. The molecule has 0 saturated carbocycles. The summed E-state index contributed by atoms with van der Waals surface area (Å²) >= 11 is 0. The topological polar surface area (TPSA) is 64.4 Å². The Labute approximate surface area is 107 Å². The number of carbonyl (C=O) groups is 1. The van der Waals surface area contributed by atoms with E-state index in [0.717, 1.165) is 24.8 Å². The number of fused-ring (bicyclic) bond motifs is 2. The molecule has 3 unspecified atom stereocenters. The van der Waals surface area contributed by atoms with Crippen molar-refractivity contribution in [2.45, 2.75) is 43.6 Å². The molecule has 4 nitrogen and oxygen atoms in total. The third-order valence-electron chi connectivity index (χ3n) is 3.87. The molecule has 0 aromatic heterocycles. The fourth-order valence-electron chi connectivity index (χ4n) is 2.87. The van der Waals surface area contributed by atoms with E-state index in [-0.39, 0.29) is 18.1 Å². The molecule has 3 N–H and O–H groups in total. The second-order valence-corrected chi connectivity index (χ2v) is 5.11. The molecule has 4 atom stereocenters. The van der Waals surface area contributed by atoms with Crippen molar-refractivity contribution in [2.75, 3.05) is 0 Å². The molecule has 1 amide bonds.